The van der Waals surface area contributed by atoms with Gasteiger partial charge in [0.2, 0.25) is 0 Å². The first-order chi connectivity index (χ1) is 10.4. The molecule has 2 rings (SSSR count). The zero-order valence-electron chi connectivity index (χ0n) is 12.9. The Morgan fingerprint density at radius 3 is 2.91 bits per heavy atom. The minimum Gasteiger partial charge on any atom is -0.478 e. The van der Waals surface area contributed by atoms with Gasteiger partial charge in [-0.2, -0.15) is 0 Å². The zero-order chi connectivity index (χ0) is 16.2. The van der Waals surface area contributed by atoms with E-state index in [0.717, 1.165) is 0 Å². The maximum Gasteiger partial charge on any atom is 0.263 e. The average Bonchev–Trinajstić information content (AvgIpc) is 2.90. The molecule has 0 aliphatic rings. The third-order valence-electron chi connectivity index (χ3n) is 3.14. The van der Waals surface area contributed by atoms with Gasteiger partial charge in [-0.1, -0.05) is 17.7 Å². The molecule has 0 saturated carbocycles. The lowest BCUT2D eigenvalue weighted by Crippen LogP contribution is -2.50. The zero-order valence-corrected chi connectivity index (χ0v) is 13.7. The molecular weight excluding hydrogens is 302 g/mol. The first-order valence-corrected chi connectivity index (χ1v) is 7.46. The van der Waals surface area contributed by atoms with Crippen LogP contribution in [0.15, 0.2) is 43.0 Å². The highest BCUT2D eigenvalue weighted by Crippen LogP contribution is 2.22. The highest BCUT2D eigenvalue weighted by molar-refractivity contribution is 6.30. The molecule has 5 nitrogen and oxygen atoms in total. The molecule has 2 aromatic rings. The van der Waals surface area contributed by atoms with Gasteiger partial charge in [-0.25, -0.2) is 4.98 Å². The largest absolute Gasteiger partial charge is 0.478 e. The number of benzene rings is 1. The first kappa shape index (κ1) is 16.4. The molecule has 1 N–H and O–H groups in total. The van der Waals surface area contributed by atoms with Crippen molar-refractivity contribution in [1.29, 1.82) is 0 Å². The molecule has 6 heteroatoms. The van der Waals surface area contributed by atoms with E-state index >= 15 is 0 Å². The van der Waals surface area contributed by atoms with Crippen LogP contribution in [0.4, 0.5) is 0 Å². The Kier molecular flexibility index (Phi) is 5.08. The van der Waals surface area contributed by atoms with Gasteiger partial charge in [0.05, 0.1) is 6.33 Å². The van der Waals surface area contributed by atoms with Crippen LogP contribution in [0, 0.1) is 0 Å². The summed E-state index contributed by atoms with van der Waals surface area (Å²) in [7, 11) is 0. The van der Waals surface area contributed by atoms with Crippen LogP contribution in [-0.2, 0) is 11.3 Å². The number of carbonyl (C=O) groups is 1. The lowest BCUT2D eigenvalue weighted by Gasteiger charge is -2.27. The normalized spacial score (nSPS) is 12.7. The number of nitrogens with zero attached hydrogens (tertiary/aromatic N) is 2. The van der Waals surface area contributed by atoms with Crippen molar-refractivity contribution >= 4 is 17.5 Å². The number of carbonyl (C=O) groups excluding carboxylic acids is 1. The molecule has 118 valence electrons. The summed E-state index contributed by atoms with van der Waals surface area (Å²) in [5, 5.41) is 3.52. The lowest BCUT2D eigenvalue weighted by atomic mass is 10.1. The summed E-state index contributed by atoms with van der Waals surface area (Å²) >= 11 is 5.93. The molecule has 0 aliphatic carbocycles. The van der Waals surface area contributed by atoms with Crippen LogP contribution >= 0.6 is 11.6 Å². The summed E-state index contributed by atoms with van der Waals surface area (Å²) in [6, 6.07) is 6.97. The van der Waals surface area contributed by atoms with Crippen molar-refractivity contribution in [3.63, 3.8) is 0 Å². The Morgan fingerprint density at radius 2 is 2.27 bits per heavy atom. The Bertz CT molecular complexity index is 626. The summed E-state index contributed by atoms with van der Waals surface area (Å²) in [6.07, 6.45) is 5.28. The van der Waals surface area contributed by atoms with Gasteiger partial charge in [-0.05, 0) is 39.0 Å². The number of imidazole rings is 1. The second-order valence-electron chi connectivity index (χ2n) is 5.70. The summed E-state index contributed by atoms with van der Waals surface area (Å²) in [6.45, 7) is 6.05. The lowest BCUT2D eigenvalue weighted by molar-refractivity contribution is -0.134. The van der Waals surface area contributed by atoms with Gasteiger partial charge in [0, 0.05) is 30.0 Å². The minimum absolute atomic E-state index is 0.0380. The number of hydrogen-bond donors (Lipinski definition) is 1. The second-order valence-corrected chi connectivity index (χ2v) is 6.14. The minimum atomic E-state index is -0.992. The van der Waals surface area contributed by atoms with E-state index in [9.17, 15) is 4.79 Å². The van der Waals surface area contributed by atoms with Gasteiger partial charge in [0.15, 0.2) is 5.60 Å². The van der Waals surface area contributed by atoms with E-state index in [4.69, 9.17) is 16.3 Å². The van der Waals surface area contributed by atoms with Crippen LogP contribution in [0.5, 0.6) is 5.75 Å². The number of halogens is 1. The van der Waals surface area contributed by atoms with Gasteiger partial charge >= 0.3 is 0 Å². The number of hydrogen-bond acceptors (Lipinski definition) is 3. The molecule has 0 bridgehead atoms. The number of nitrogens with one attached hydrogen (secondary N) is 1. The maximum atomic E-state index is 12.4. The van der Waals surface area contributed by atoms with E-state index in [0.29, 0.717) is 17.3 Å². The van der Waals surface area contributed by atoms with Crippen molar-refractivity contribution in [3.8, 4) is 5.75 Å². The van der Waals surface area contributed by atoms with Crippen molar-refractivity contribution in [1.82, 2.24) is 14.9 Å². The van der Waals surface area contributed by atoms with Gasteiger partial charge in [0.1, 0.15) is 5.75 Å². The molecule has 22 heavy (non-hydrogen) atoms. The Morgan fingerprint density at radius 1 is 1.50 bits per heavy atom. The predicted octanol–water partition coefficient (Wildman–Crippen LogP) is 2.90. The van der Waals surface area contributed by atoms with E-state index in [1.54, 1.807) is 50.6 Å². The SMILES string of the molecule is C[C@H](Cn1ccnc1)NC(=O)C(C)(C)Oc1cccc(Cl)c1. The monoisotopic (exact) mass is 321 g/mol. The predicted molar refractivity (Wildman–Crippen MR) is 86.0 cm³/mol. The van der Waals surface area contributed by atoms with Gasteiger partial charge in [-0.3, -0.25) is 4.79 Å². The fraction of sp³-hybridized carbons (Fsp3) is 0.375. The van der Waals surface area contributed by atoms with E-state index in [2.05, 4.69) is 10.3 Å². The van der Waals surface area contributed by atoms with E-state index in [-0.39, 0.29) is 11.9 Å². The molecule has 0 aliphatic heterocycles. The average molecular weight is 322 g/mol. The molecule has 0 saturated heterocycles. The molecule has 0 radical (unpaired) electrons. The summed E-state index contributed by atoms with van der Waals surface area (Å²) in [4.78, 5) is 16.4. The van der Waals surface area contributed by atoms with E-state index < -0.39 is 5.60 Å². The van der Waals surface area contributed by atoms with Crippen LogP contribution in [0.2, 0.25) is 5.02 Å². The number of ether oxygens (including phenoxy) is 1. The number of amides is 1. The van der Waals surface area contributed by atoms with Gasteiger partial charge in [0.25, 0.3) is 5.91 Å². The Labute approximate surface area is 135 Å². The van der Waals surface area contributed by atoms with Crippen molar-refractivity contribution in [2.45, 2.75) is 39.0 Å². The summed E-state index contributed by atoms with van der Waals surface area (Å²) in [5.74, 6) is 0.384. The molecule has 1 aromatic carbocycles. The molecular formula is C16H20ClN3O2. The quantitative estimate of drug-likeness (QED) is 0.890. The second kappa shape index (κ2) is 6.83. The van der Waals surface area contributed by atoms with Crippen molar-refractivity contribution in [2.75, 3.05) is 0 Å². The molecule has 1 aromatic heterocycles. The molecule has 0 fully saturated rings. The molecule has 0 spiro atoms. The summed E-state index contributed by atoms with van der Waals surface area (Å²) < 4.78 is 7.68. The van der Waals surface area contributed by atoms with Crippen molar-refractivity contribution in [3.05, 3.63) is 48.0 Å². The standard InChI is InChI=1S/C16H20ClN3O2/c1-12(10-20-8-7-18-11-20)19-15(21)16(2,3)22-14-6-4-5-13(17)9-14/h4-9,11-12H,10H2,1-3H3,(H,19,21)/t12-/m1/s1. The Balaban J connectivity index is 1.94. The number of rotatable bonds is 6. The summed E-state index contributed by atoms with van der Waals surface area (Å²) in [5.41, 5.74) is -0.992. The van der Waals surface area contributed by atoms with Crippen LogP contribution in [-0.4, -0.2) is 27.1 Å². The van der Waals surface area contributed by atoms with Crippen molar-refractivity contribution in [2.24, 2.45) is 0 Å². The first-order valence-electron chi connectivity index (χ1n) is 7.08. The molecule has 0 unspecified atom stereocenters. The highest BCUT2D eigenvalue weighted by Gasteiger charge is 2.30. The van der Waals surface area contributed by atoms with Gasteiger partial charge in [-0.15, -0.1) is 0 Å². The smallest absolute Gasteiger partial charge is 0.263 e. The topological polar surface area (TPSA) is 56.2 Å². The highest BCUT2D eigenvalue weighted by atomic mass is 35.5. The fourth-order valence-electron chi connectivity index (χ4n) is 2.03. The number of aromatic nitrogens is 2. The van der Waals surface area contributed by atoms with Crippen molar-refractivity contribution < 1.29 is 9.53 Å². The van der Waals surface area contributed by atoms with Gasteiger partial charge < -0.3 is 14.6 Å². The van der Waals surface area contributed by atoms with E-state index in [1.807, 2.05) is 17.7 Å². The van der Waals surface area contributed by atoms with E-state index in [1.165, 1.54) is 0 Å². The maximum absolute atomic E-state index is 12.4. The fourth-order valence-corrected chi connectivity index (χ4v) is 2.21. The molecule has 1 heterocycles. The van der Waals surface area contributed by atoms with Crippen LogP contribution in [0.25, 0.3) is 0 Å². The molecule has 1 amide bonds. The third-order valence-corrected chi connectivity index (χ3v) is 3.37. The Hall–Kier alpha value is -2.01. The van der Waals surface area contributed by atoms with Crippen LogP contribution in [0.1, 0.15) is 20.8 Å². The van der Waals surface area contributed by atoms with Crippen LogP contribution < -0.4 is 10.1 Å². The molecule has 1 atom stereocenters. The van der Waals surface area contributed by atoms with Crippen LogP contribution in [0.3, 0.4) is 0 Å². The third kappa shape index (κ3) is 4.49.